The summed E-state index contributed by atoms with van der Waals surface area (Å²) in [7, 11) is 0. The topological polar surface area (TPSA) is 40.6 Å². The minimum absolute atomic E-state index is 0.111. The van der Waals surface area contributed by atoms with Gasteiger partial charge in [0.2, 0.25) is 0 Å². The molecule has 1 atom stereocenters. The summed E-state index contributed by atoms with van der Waals surface area (Å²) < 4.78 is 0.170. The van der Waals surface area contributed by atoms with Crippen LogP contribution in [0.2, 0.25) is 0 Å². The molecule has 1 aromatic carbocycles. The first-order valence-corrected chi connectivity index (χ1v) is 10.6. The fourth-order valence-corrected chi connectivity index (χ4v) is 5.32. The molecule has 142 valence electrons. The summed E-state index contributed by atoms with van der Waals surface area (Å²) in [5, 5.41) is 0. The van der Waals surface area contributed by atoms with Gasteiger partial charge in [-0.1, -0.05) is 42.5 Å². The fourth-order valence-electron chi connectivity index (χ4n) is 4.10. The molecule has 4 rings (SSSR count). The summed E-state index contributed by atoms with van der Waals surface area (Å²) in [6.07, 6.45) is 5.55. The van der Waals surface area contributed by atoms with Crippen LogP contribution < -0.4 is 0 Å². The quantitative estimate of drug-likeness (QED) is 0.749. The monoisotopic (exact) mass is 382 g/mol. The average molecular weight is 383 g/mol. The van der Waals surface area contributed by atoms with Crippen molar-refractivity contribution in [2.45, 2.75) is 44.0 Å². The van der Waals surface area contributed by atoms with Crippen LogP contribution in [0.15, 0.2) is 53.6 Å². The molecule has 1 aromatic rings. The number of carbonyl (C=O) groups is 2. The highest BCUT2D eigenvalue weighted by Crippen LogP contribution is 2.35. The first-order valence-electron chi connectivity index (χ1n) is 9.63. The van der Waals surface area contributed by atoms with Gasteiger partial charge in [0.05, 0.1) is 0 Å². The molecule has 0 aromatic heterocycles. The van der Waals surface area contributed by atoms with Crippen LogP contribution in [0.1, 0.15) is 32.3 Å². The van der Waals surface area contributed by atoms with Gasteiger partial charge < -0.3 is 0 Å². The second-order valence-corrected chi connectivity index (χ2v) is 9.88. The first-order chi connectivity index (χ1) is 12.9. The molecule has 1 unspecified atom stereocenters. The Morgan fingerprint density at radius 3 is 2.30 bits per heavy atom. The molecule has 2 fully saturated rings. The van der Waals surface area contributed by atoms with E-state index in [0.29, 0.717) is 17.7 Å². The van der Waals surface area contributed by atoms with Gasteiger partial charge >= 0.3 is 0 Å². The number of nitrogens with zero attached hydrogens (tertiary/aromatic N) is 2. The number of amides is 2. The number of hydrogen-bond acceptors (Lipinski definition) is 4. The van der Waals surface area contributed by atoms with Crippen molar-refractivity contribution in [1.29, 1.82) is 0 Å². The lowest BCUT2D eigenvalue weighted by molar-refractivity contribution is -0.137. The molecule has 0 radical (unpaired) electrons. The maximum atomic E-state index is 12.8. The minimum atomic E-state index is -0.111. The largest absolute Gasteiger partial charge is 0.292 e. The fraction of sp³-hybridized carbons (Fsp3) is 0.455. The number of rotatable bonds is 4. The van der Waals surface area contributed by atoms with Crippen LogP contribution in [-0.2, 0) is 16.1 Å². The zero-order chi connectivity index (χ0) is 19.0. The van der Waals surface area contributed by atoms with E-state index in [4.69, 9.17) is 0 Å². The van der Waals surface area contributed by atoms with Crippen molar-refractivity contribution in [2.75, 3.05) is 18.8 Å². The van der Waals surface area contributed by atoms with Crippen LogP contribution in [0.4, 0.5) is 0 Å². The highest BCUT2D eigenvalue weighted by Gasteiger charge is 2.42. The lowest BCUT2D eigenvalue weighted by atomic mass is 10.0. The van der Waals surface area contributed by atoms with Gasteiger partial charge in [0.25, 0.3) is 11.8 Å². The van der Waals surface area contributed by atoms with Gasteiger partial charge in [-0.3, -0.25) is 19.4 Å². The van der Waals surface area contributed by atoms with Gasteiger partial charge in [0.1, 0.15) is 0 Å². The number of hydrogen-bond donors (Lipinski definition) is 0. The summed E-state index contributed by atoms with van der Waals surface area (Å²) in [5.74, 6) is 0.704. The molecule has 2 saturated heterocycles. The Balaban J connectivity index is 1.54. The molecule has 0 bridgehead atoms. The number of fused-ring (bicyclic) bond motifs is 1. The number of carbonyl (C=O) groups excluding carboxylic acids is 2. The molecule has 2 amide bonds. The second kappa shape index (κ2) is 7.28. The Morgan fingerprint density at radius 2 is 1.67 bits per heavy atom. The van der Waals surface area contributed by atoms with Crippen molar-refractivity contribution < 1.29 is 9.59 Å². The summed E-state index contributed by atoms with van der Waals surface area (Å²) >= 11 is 1.93. The predicted molar refractivity (Wildman–Crippen MR) is 109 cm³/mol. The SMILES string of the molecule is CC1(C)CN(Cc2ccccc2)C(CN2C(=O)C3=CCCC=C3C2=O)CS1. The zero-order valence-corrected chi connectivity index (χ0v) is 16.8. The molecule has 27 heavy (non-hydrogen) atoms. The predicted octanol–water partition coefficient (Wildman–Crippen LogP) is 3.40. The highest BCUT2D eigenvalue weighted by molar-refractivity contribution is 8.00. The van der Waals surface area contributed by atoms with Gasteiger partial charge in [-0.25, -0.2) is 0 Å². The highest BCUT2D eigenvalue weighted by atomic mass is 32.2. The minimum Gasteiger partial charge on any atom is -0.292 e. The van der Waals surface area contributed by atoms with E-state index >= 15 is 0 Å². The lowest BCUT2D eigenvalue weighted by Gasteiger charge is -2.44. The van der Waals surface area contributed by atoms with E-state index < -0.39 is 0 Å². The van der Waals surface area contributed by atoms with Crippen molar-refractivity contribution in [3.8, 4) is 0 Å². The smallest absolute Gasteiger partial charge is 0.261 e. The van der Waals surface area contributed by atoms with Gasteiger partial charge in [-0.05, 0) is 32.3 Å². The Hall–Kier alpha value is -1.85. The molecular weight excluding hydrogens is 356 g/mol. The van der Waals surface area contributed by atoms with Crippen molar-refractivity contribution in [3.05, 3.63) is 59.2 Å². The second-order valence-electron chi connectivity index (χ2n) is 8.15. The summed E-state index contributed by atoms with van der Waals surface area (Å²) in [5.41, 5.74) is 2.50. The van der Waals surface area contributed by atoms with E-state index in [2.05, 4.69) is 43.0 Å². The molecule has 5 heteroatoms. The van der Waals surface area contributed by atoms with Crippen LogP contribution in [-0.4, -0.2) is 51.2 Å². The van der Waals surface area contributed by atoms with Crippen LogP contribution in [0.3, 0.4) is 0 Å². The third-order valence-electron chi connectivity index (χ3n) is 5.49. The molecule has 0 saturated carbocycles. The normalized spacial score (nSPS) is 25.3. The van der Waals surface area contributed by atoms with Gasteiger partial charge in [-0.15, -0.1) is 0 Å². The van der Waals surface area contributed by atoms with E-state index in [1.54, 1.807) is 0 Å². The van der Waals surface area contributed by atoms with E-state index in [9.17, 15) is 9.59 Å². The number of likely N-dealkylation sites (tertiary alicyclic amines) is 1. The average Bonchev–Trinajstić information content (AvgIpc) is 2.89. The summed E-state index contributed by atoms with van der Waals surface area (Å²) in [6.45, 7) is 6.79. The molecule has 2 aliphatic heterocycles. The third-order valence-corrected chi connectivity index (χ3v) is 6.96. The van der Waals surface area contributed by atoms with Crippen molar-refractivity contribution in [2.24, 2.45) is 0 Å². The molecule has 3 aliphatic rings. The van der Waals surface area contributed by atoms with E-state index in [-0.39, 0.29) is 22.6 Å². The van der Waals surface area contributed by atoms with E-state index in [0.717, 1.165) is 31.7 Å². The van der Waals surface area contributed by atoms with Crippen LogP contribution >= 0.6 is 11.8 Å². The van der Waals surface area contributed by atoms with Crippen molar-refractivity contribution in [1.82, 2.24) is 9.80 Å². The van der Waals surface area contributed by atoms with E-state index in [1.807, 2.05) is 30.0 Å². The van der Waals surface area contributed by atoms with Crippen molar-refractivity contribution >= 4 is 23.6 Å². The maximum Gasteiger partial charge on any atom is 0.261 e. The van der Waals surface area contributed by atoms with Gasteiger partial charge in [0, 0.05) is 47.3 Å². The molecule has 1 aliphatic carbocycles. The summed E-state index contributed by atoms with van der Waals surface area (Å²) in [4.78, 5) is 29.5. The maximum absolute atomic E-state index is 12.8. The van der Waals surface area contributed by atoms with E-state index in [1.165, 1.54) is 10.5 Å². The first kappa shape index (κ1) is 18.5. The third kappa shape index (κ3) is 3.76. The van der Waals surface area contributed by atoms with Crippen LogP contribution in [0.5, 0.6) is 0 Å². The Kier molecular flexibility index (Phi) is 4.99. The standard InChI is InChI=1S/C22H26N2O2S/c1-22(2)15-23(12-16-8-4-3-5-9-16)17(14-27-22)13-24-20(25)18-10-6-7-11-19(18)21(24)26/h3-5,8-11,17H,6-7,12-15H2,1-2H3. The Bertz CT molecular complexity index is 781. The molecular formula is C22H26N2O2S. The Labute approximate surface area is 165 Å². The number of benzene rings is 1. The molecule has 0 N–H and O–H groups in total. The summed E-state index contributed by atoms with van der Waals surface area (Å²) in [6, 6.07) is 10.6. The Morgan fingerprint density at radius 1 is 1.04 bits per heavy atom. The molecule has 0 spiro atoms. The molecule has 2 heterocycles. The van der Waals surface area contributed by atoms with Gasteiger partial charge in [0.15, 0.2) is 0 Å². The zero-order valence-electron chi connectivity index (χ0n) is 16.0. The lowest BCUT2D eigenvalue weighted by Crippen LogP contribution is -2.54. The van der Waals surface area contributed by atoms with Gasteiger partial charge in [-0.2, -0.15) is 11.8 Å². The van der Waals surface area contributed by atoms with Crippen LogP contribution in [0.25, 0.3) is 0 Å². The van der Waals surface area contributed by atoms with Crippen LogP contribution in [0, 0.1) is 0 Å². The number of imide groups is 1. The van der Waals surface area contributed by atoms with Crippen molar-refractivity contribution in [3.63, 3.8) is 0 Å². The number of thioether (sulfide) groups is 1. The molecule has 4 nitrogen and oxygen atoms in total. The number of allylic oxidation sites excluding steroid dienone is 2.